The lowest BCUT2D eigenvalue weighted by Crippen LogP contribution is -2.25. The van der Waals surface area contributed by atoms with Crippen molar-refractivity contribution in [3.05, 3.63) is 65.7 Å². The van der Waals surface area contributed by atoms with Crippen molar-refractivity contribution in [1.29, 1.82) is 0 Å². The van der Waals surface area contributed by atoms with Gasteiger partial charge in [-0.25, -0.2) is 4.79 Å². The van der Waals surface area contributed by atoms with Crippen LogP contribution in [-0.2, 0) is 21.0 Å². The second kappa shape index (κ2) is 7.75. The molecule has 0 radical (unpaired) electrons. The normalized spacial score (nSPS) is 11.0. The van der Waals surface area contributed by atoms with Crippen molar-refractivity contribution in [2.24, 2.45) is 0 Å². The largest absolute Gasteiger partial charge is 0.456 e. The molecule has 2 rings (SSSR count). The molecule has 2 aromatic rings. The van der Waals surface area contributed by atoms with Gasteiger partial charge in [0.05, 0.1) is 11.3 Å². The predicted molar refractivity (Wildman–Crippen MR) is 91.4 cm³/mol. The molecule has 0 saturated carbocycles. The first-order chi connectivity index (χ1) is 11.4. The van der Waals surface area contributed by atoms with E-state index in [9.17, 15) is 9.59 Å². The average Bonchev–Trinajstić information content (AvgIpc) is 2.55. The van der Waals surface area contributed by atoms with Crippen LogP contribution in [0.4, 0.5) is 5.69 Å². The number of anilines is 1. The van der Waals surface area contributed by atoms with Crippen LogP contribution in [0.3, 0.4) is 0 Å². The molecule has 0 spiro atoms. The van der Waals surface area contributed by atoms with Gasteiger partial charge in [-0.15, -0.1) is 0 Å². The van der Waals surface area contributed by atoms with Gasteiger partial charge in [-0.2, -0.15) is 5.06 Å². The van der Waals surface area contributed by atoms with Crippen LogP contribution in [0.5, 0.6) is 0 Å². The Bertz CT molecular complexity index is 692. The van der Waals surface area contributed by atoms with Crippen LogP contribution in [0.15, 0.2) is 54.6 Å². The second-order valence-electron chi connectivity index (χ2n) is 6.24. The van der Waals surface area contributed by atoms with Crippen LogP contribution >= 0.6 is 0 Å². The van der Waals surface area contributed by atoms with Crippen molar-refractivity contribution in [1.82, 2.24) is 0 Å². The fourth-order valence-electron chi connectivity index (χ4n) is 1.99. The third kappa shape index (κ3) is 5.21. The summed E-state index contributed by atoms with van der Waals surface area (Å²) in [7, 11) is 0. The lowest BCUT2D eigenvalue weighted by Gasteiger charge is -2.21. The van der Waals surface area contributed by atoms with E-state index in [0.29, 0.717) is 17.7 Å². The van der Waals surface area contributed by atoms with Gasteiger partial charge in [-0.3, -0.25) is 9.63 Å². The Morgan fingerprint density at radius 1 is 1.08 bits per heavy atom. The van der Waals surface area contributed by atoms with E-state index in [0.717, 1.165) is 10.6 Å². The van der Waals surface area contributed by atoms with Gasteiger partial charge in [0.25, 0.3) is 0 Å². The molecular formula is C19H21NO4. The van der Waals surface area contributed by atoms with E-state index >= 15 is 0 Å². The lowest BCUT2D eigenvalue weighted by molar-refractivity contribution is -0.114. The maximum atomic E-state index is 12.1. The third-order valence-electron chi connectivity index (χ3n) is 3.04. The van der Waals surface area contributed by atoms with Gasteiger partial charge in [0.2, 0.25) is 6.41 Å². The monoisotopic (exact) mass is 327 g/mol. The molecule has 0 aliphatic heterocycles. The minimum atomic E-state index is -0.582. The molecule has 126 valence electrons. The van der Waals surface area contributed by atoms with Crippen molar-refractivity contribution in [2.45, 2.75) is 33.0 Å². The van der Waals surface area contributed by atoms with Crippen molar-refractivity contribution < 1.29 is 19.2 Å². The Labute approximate surface area is 141 Å². The molecular weight excluding hydrogens is 306 g/mol. The molecule has 0 heterocycles. The minimum Gasteiger partial charge on any atom is -0.456 e. The number of benzene rings is 2. The summed E-state index contributed by atoms with van der Waals surface area (Å²) in [5, 5.41) is 1.10. The van der Waals surface area contributed by atoms with Gasteiger partial charge in [0.1, 0.15) is 12.2 Å². The van der Waals surface area contributed by atoms with E-state index in [1.54, 1.807) is 45.0 Å². The number of amides is 1. The fraction of sp³-hybridized carbons (Fsp3) is 0.263. The standard InChI is InChI=1S/C19H21NO4/c1-19(2,3)24-18(22)16-10-7-11-17(12-16)20(14-21)23-13-15-8-5-4-6-9-15/h4-12,14H,13H2,1-3H3. The van der Waals surface area contributed by atoms with Crippen LogP contribution in [0, 0.1) is 0 Å². The molecule has 1 amide bonds. The highest BCUT2D eigenvalue weighted by Crippen LogP contribution is 2.19. The van der Waals surface area contributed by atoms with Gasteiger partial charge in [-0.1, -0.05) is 36.4 Å². The van der Waals surface area contributed by atoms with Gasteiger partial charge in [0, 0.05) is 0 Å². The zero-order chi connectivity index (χ0) is 17.6. The molecule has 0 aliphatic carbocycles. The molecule has 0 aliphatic rings. The Balaban J connectivity index is 2.10. The van der Waals surface area contributed by atoms with Crippen molar-refractivity contribution in [3.8, 4) is 0 Å². The number of carbonyl (C=O) groups excluding carboxylic acids is 2. The molecule has 0 atom stereocenters. The average molecular weight is 327 g/mol. The summed E-state index contributed by atoms with van der Waals surface area (Å²) in [4.78, 5) is 29.0. The van der Waals surface area contributed by atoms with E-state index in [-0.39, 0.29) is 6.61 Å². The van der Waals surface area contributed by atoms with Gasteiger partial charge < -0.3 is 4.74 Å². The highest BCUT2D eigenvalue weighted by atomic mass is 16.7. The Morgan fingerprint density at radius 3 is 2.42 bits per heavy atom. The number of ether oxygens (including phenoxy) is 1. The first kappa shape index (κ1) is 17.7. The summed E-state index contributed by atoms with van der Waals surface area (Å²) in [6.45, 7) is 5.65. The van der Waals surface area contributed by atoms with E-state index in [4.69, 9.17) is 9.57 Å². The first-order valence-corrected chi connectivity index (χ1v) is 7.64. The SMILES string of the molecule is CC(C)(C)OC(=O)c1cccc(N(C=O)OCc2ccccc2)c1. The molecule has 0 saturated heterocycles. The van der Waals surface area contributed by atoms with Crippen molar-refractivity contribution >= 4 is 18.1 Å². The Morgan fingerprint density at radius 2 is 1.79 bits per heavy atom. The summed E-state index contributed by atoms with van der Waals surface area (Å²) in [5.41, 5.74) is 1.18. The Kier molecular flexibility index (Phi) is 5.71. The van der Waals surface area contributed by atoms with Gasteiger partial charge in [-0.05, 0) is 44.5 Å². The van der Waals surface area contributed by atoms with Crippen LogP contribution in [-0.4, -0.2) is 18.0 Å². The molecule has 0 N–H and O–H groups in total. The summed E-state index contributed by atoms with van der Waals surface area (Å²) in [6.07, 6.45) is 0.567. The predicted octanol–water partition coefficient (Wildman–Crippen LogP) is 3.74. The maximum absolute atomic E-state index is 12.1. The number of nitrogens with zero attached hydrogens (tertiary/aromatic N) is 1. The number of esters is 1. The first-order valence-electron chi connectivity index (χ1n) is 7.64. The topological polar surface area (TPSA) is 55.8 Å². The molecule has 5 nitrogen and oxygen atoms in total. The van der Waals surface area contributed by atoms with Crippen molar-refractivity contribution in [3.63, 3.8) is 0 Å². The third-order valence-corrected chi connectivity index (χ3v) is 3.04. The summed E-state index contributed by atoms with van der Waals surface area (Å²) < 4.78 is 5.33. The molecule has 0 aromatic heterocycles. The quantitative estimate of drug-likeness (QED) is 0.461. The summed E-state index contributed by atoms with van der Waals surface area (Å²) in [6, 6.07) is 16.1. The van der Waals surface area contributed by atoms with Crippen LogP contribution < -0.4 is 5.06 Å². The lowest BCUT2D eigenvalue weighted by atomic mass is 10.1. The Hall–Kier alpha value is -2.66. The molecule has 0 unspecified atom stereocenters. The van der Waals surface area contributed by atoms with E-state index < -0.39 is 11.6 Å². The van der Waals surface area contributed by atoms with Gasteiger partial charge >= 0.3 is 5.97 Å². The zero-order valence-corrected chi connectivity index (χ0v) is 14.1. The molecule has 0 bridgehead atoms. The molecule has 0 fully saturated rings. The molecule has 2 aromatic carbocycles. The van der Waals surface area contributed by atoms with Gasteiger partial charge in [0.15, 0.2) is 0 Å². The highest BCUT2D eigenvalue weighted by molar-refractivity contribution is 5.91. The summed E-state index contributed by atoms with van der Waals surface area (Å²) in [5.74, 6) is -0.446. The molecule has 24 heavy (non-hydrogen) atoms. The van der Waals surface area contributed by atoms with Crippen LogP contribution in [0.2, 0.25) is 0 Å². The second-order valence-corrected chi connectivity index (χ2v) is 6.24. The minimum absolute atomic E-state index is 0.246. The fourth-order valence-corrected chi connectivity index (χ4v) is 1.99. The van der Waals surface area contributed by atoms with E-state index in [1.165, 1.54) is 0 Å². The maximum Gasteiger partial charge on any atom is 0.338 e. The van der Waals surface area contributed by atoms with E-state index in [2.05, 4.69) is 0 Å². The zero-order valence-electron chi connectivity index (χ0n) is 14.1. The number of hydroxylamine groups is 1. The molecule has 5 heteroatoms. The van der Waals surface area contributed by atoms with Crippen LogP contribution in [0.1, 0.15) is 36.7 Å². The van der Waals surface area contributed by atoms with Crippen molar-refractivity contribution in [2.75, 3.05) is 5.06 Å². The van der Waals surface area contributed by atoms with E-state index in [1.807, 2.05) is 30.3 Å². The highest BCUT2D eigenvalue weighted by Gasteiger charge is 2.19. The number of hydrogen-bond donors (Lipinski definition) is 0. The number of hydrogen-bond acceptors (Lipinski definition) is 4. The van der Waals surface area contributed by atoms with Crippen LogP contribution in [0.25, 0.3) is 0 Å². The smallest absolute Gasteiger partial charge is 0.338 e. The summed E-state index contributed by atoms with van der Waals surface area (Å²) >= 11 is 0. The number of rotatable bonds is 6. The number of carbonyl (C=O) groups is 2.